The Kier molecular flexibility index (Phi) is 3.24. The van der Waals surface area contributed by atoms with Gasteiger partial charge in [0.05, 0.1) is 17.3 Å². The Bertz CT molecular complexity index is 466. The first-order valence-electron chi connectivity index (χ1n) is 5.59. The van der Waals surface area contributed by atoms with Crippen LogP contribution in [0.2, 0.25) is 0 Å². The van der Waals surface area contributed by atoms with E-state index < -0.39 is 0 Å². The summed E-state index contributed by atoms with van der Waals surface area (Å²) in [4.78, 5) is 17.8. The van der Waals surface area contributed by atoms with E-state index in [9.17, 15) is 4.79 Å². The molecule has 1 fully saturated rings. The van der Waals surface area contributed by atoms with E-state index in [1.54, 1.807) is 24.2 Å². The summed E-state index contributed by atoms with van der Waals surface area (Å²) >= 11 is 0. The zero-order valence-electron chi connectivity index (χ0n) is 9.68. The molecule has 5 nitrogen and oxygen atoms in total. The molecule has 0 aromatic carbocycles. The van der Waals surface area contributed by atoms with E-state index >= 15 is 0 Å². The summed E-state index contributed by atoms with van der Waals surface area (Å²) in [5.74, 6) is -0.112. The highest BCUT2D eigenvalue weighted by atomic mass is 16.2. The zero-order chi connectivity index (χ0) is 12.3. The number of likely N-dealkylation sites (tertiary alicyclic amines) is 1. The first kappa shape index (κ1) is 11.4. The van der Waals surface area contributed by atoms with Gasteiger partial charge in [0.1, 0.15) is 6.04 Å². The first-order valence-corrected chi connectivity index (χ1v) is 5.59. The molecule has 17 heavy (non-hydrogen) atoms. The van der Waals surface area contributed by atoms with Crippen molar-refractivity contribution in [3.63, 3.8) is 0 Å². The second-order valence-corrected chi connectivity index (χ2v) is 4.00. The minimum atomic E-state index is -0.291. The van der Waals surface area contributed by atoms with Crippen molar-refractivity contribution < 1.29 is 4.79 Å². The Labute approximate surface area is 100 Å². The minimum Gasteiger partial charge on any atom is -0.387 e. The van der Waals surface area contributed by atoms with Crippen LogP contribution in [-0.4, -0.2) is 35.4 Å². The predicted octanol–water partition coefficient (Wildman–Crippen LogP) is 1.25. The lowest BCUT2D eigenvalue weighted by molar-refractivity contribution is 0.0764. The normalized spacial score (nSPS) is 18.8. The Hall–Kier alpha value is -2.09. The summed E-state index contributed by atoms with van der Waals surface area (Å²) in [7, 11) is 1.78. The number of rotatable bonds is 2. The molecular weight excluding hydrogens is 216 g/mol. The smallest absolute Gasteiger partial charge is 0.256 e. The summed E-state index contributed by atoms with van der Waals surface area (Å²) in [6.07, 6.45) is 4.85. The molecule has 88 valence electrons. The van der Waals surface area contributed by atoms with Crippen LogP contribution in [-0.2, 0) is 0 Å². The number of hydrogen-bond donors (Lipinski definition) is 1. The van der Waals surface area contributed by atoms with Gasteiger partial charge in [0.25, 0.3) is 5.91 Å². The second-order valence-electron chi connectivity index (χ2n) is 4.00. The Balaban J connectivity index is 2.22. The fourth-order valence-electron chi connectivity index (χ4n) is 2.00. The van der Waals surface area contributed by atoms with Crippen molar-refractivity contribution in [1.82, 2.24) is 9.88 Å². The van der Waals surface area contributed by atoms with Crippen LogP contribution >= 0.6 is 0 Å². The van der Waals surface area contributed by atoms with Crippen LogP contribution in [0.5, 0.6) is 0 Å². The highest BCUT2D eigenvalue weighted by Crippen LogP contribution is 2.20. The van der Waals surface area contributed by atoms with Crippen LogP contribution in [0.3, 0.4) is 0 Å². The number of amides is 1. The second kappa shape index (κ2) is 4.83. The molecule has 1 aromatic rings. The molecule has 1 atom stereocenters. The van der Waals surface area contributed by atoms with E-state index in [-0.39, 0.29) is 11.9 Å². The molecule has 0 spiro atoms. The fraction of sp³-hybridized carbons (Fsp3) is 0.417. The van der Waals surface area contributed by atoms with Crippen LogP contribution in [0.4, 0.5) is 5.69 Å². The van der Waals surface area contributed by atoms with Gasteiger partial charge in [-0.3, -0.25) is 9.78 Å². The van der Waals surface area contributed by atoms with Crippen LogP contribution in [0, 0.1) is 11.3 Å². The molecule has 1 aromatic heterocycles. The lowest BCUT2D eigenvalue weighted by Crippen LogP contribution is -2.34. The molecule has 1 aliphatic rings. The van der Waals surface area contributed by atoms with Crippen LogP contribution < -0.4 is 5.32 Å². The molecule has 1 saturated heterocycles. The Morgan fingerprint density at radius 2 is 2.47 bits per heavy atom. The van der Waals surface area contributed by atoms with Gasteiger partial charge in [-0.15, -0.1) is 0 Å². The molecular formula is C12H14N4O. The lowest BCUT2D eigenvalue weighted by Gasteiger charge is -2.19. The molecule has 1 amide bonds. The van der Waals surface area contributed by atoms with Gasteiger partial charge in [0.2, 0.25) is 0 Å². The number of anilines is 1. The van der Waals surface area contributed by atoms with Gasteiger partial charge in [-0.25, -0.2) is 0 Å². The summed E-state index contributed by atoms with van der Waals surface area (Å²) < 4.78 is 0. The van der Waals surface area contributed by atoms with E-state index in [1.807, 2.05) is 0 Å². The van der Waals surface area contributed by atoms with E-state index in [0.717, 1.165) is 18.5 Å². The van der Waals surface area contributed by atoms with Crippen LogP contribution in [0.1, 0.15) is 23.2 Å². The SMILES string of the molecule is CNc1cncc(C(=O)N2CCCC2C#N)c1. The predicted molar refractivity (Wildman–Crippen MR) is 63.5 cm³/mol. The van der Waals surface area contributed by atoms with Gasteiger partial charge in [0.15, 0.2) is 0 Å². The maximum atomic E-state index is 12.2. The number of carbonyl (C=O) groups is 1. The monoisotopic (exact) mass is 230 g/mol. The largest absolute Gasteiger partial charge is 0.387 e. The van der Waals surface area contributed by atoms with Crippen molar-refractivity contribution in [1.29, 1.82) is 5.26 Å². The van der Waals surface area contributed by atoms with Crippen molar-refractivity contribution in [2.75, 3.05) is 18.9 Å². The van der Waals surface area contributed by atoms with Crippen LogP contribution in [0.25, 0.3) is 0 Å². The molecule has 1 N–H and O–H groups in total. The van der Waals surface area contributed by atoms with E-state index in [2.05, 4.69) is 16.4 Å². The third kappa shape index (κ3) is 2.21. The Morgan fingerprint density at radius 3 is 3.18 bits per heavy atom. The molecule has 5 heteroatoms. The molecule has 0 radical (unpaired) electrons. The van der Waals surface area contributed by atoms with Crippen molar-refractivity contribution in [2.24, 2.45) is 0 Å². The van der Waals surface area contributed by atoms with Crippen LogP contribution in [0.15, 0.2) is 18.5 Å². The molecule has 2 heterocycles. The first-order chi connectivity index (χ1) is 8.26. The molecule has 0 bridgehead atoms. The molecule has 1 unspecified atom stereocenters. The van der Waals surface area contributed by atoms with Gasteiger partial charge in [-0.05, 0) is 18.9 Å². The average Bonchev–Trinajstić information content (AvgIpc) is 2.86. The van der Waals surface area contributed by atoms with Gasteiger partial charge in [-0.1, -0.05) is 0 Å². The van der Waals surface area contributed by atoms with Gasteiger partial charge in [0, 0.05) is 26.0 Å². The highest BCUT2D eigenvalue weighted by molar-refractivity contribution is 5.95. The summed E-state index contributed by atoms with van der Waals surface area (Å²) in [5.41, 5.74) is 1.32. The zero-order valence-corrected chi connectivity index (χ0v) is 9.68. The van der Waals surface area contributed by atoms with Crippen molar-refractivity contribution >= 4 is 11.6 Å². The number of aromatic nitrogens is 1. The van der Waals surface area contributed by atoms with E-state index in [1.165, 1.54) is 6.20 Å². The number of nitrogens with one attached hydrogen (secondary N) is 1. The maximum absolute atomic E-state index is 12.2. The van der Waals surface area contributed by atoms with E-state index in [4.69, 9.17) is 5.26 Å². The van der Waals surface area contributed by atoms with Gasteiger partial charge >= 0.3 is 0 Å². The molecule has 0 aliphatic carbocycles. The third-order valence-corrected chi connectivity index (χ3v) is 2.94. The number of nitrogens with zero attached hydrogens (tertiary/aromatic N) is 3. The fourth-order valence-corrected chi connectivity index (χ4v) is 2.00. The van der Waals surface area contributed by atoms with Gasteiger partial charge in [-0.2, -0.15) is 5.26 Å². The number of hydrogen-bond acceptors (Lipinski definition) is 4. The summed E-state index contributed by atoms with van der Waals surface area (Å²) in [6.45, 7) is 0.654. The number of pyridine rings is 1. The molecule has 2 rings (SSSR count). The summed E-state index contributed by atoms with van der Waals surface area (Å²) in [6, 6.07) is 3.62. The van der Waals surface area contributed by atoms with Crippen molar-refractivity contribution in [2.45, 2.75) is 18.9 Å². The van der Waals surface area contributed by atoms with Gasteiger partial charge < -0.3 is 10.2 Å². The van der Waals surface area contributed by atoms with E-state index in [0.29, 0.717) is 12.1 Å². The maximum Gasteiger partial charge on any atom is 0.256 e. The Morgan fingerprint density at radius 1 is 1.65 bits per heavy atom. The molecule has 0 saturated carbocycles. The highest BCUT2D eigenvalue weighted by Gasteiger charge is 2.29. The number of carbonyl (C=O) groups excluding carboxylic acids is 1. The standard InChI is InChI=1S/C12H14N4O/c1-14-10-5-9(7-15-8-10)12(17)16-4-2-3-11(16)6-13/h5,7-8,11,14H,2-4H2,1H3. The van der Waals surface area contributed by atoms with Crippen molar-refractivity contribution in [3.8, 4) is 6.07 Å². The summed E-state index contributed by atoms with van der Waals surface area (Å²) in [5, 5.41) is 11.9. The molecule has 1 aliphatic heterocycles. The average molecular weight is 230 g/mol. The lowest BCUT2D eigenvalue weighted by atomic mass is 10.2. The van der Waals surface area contributed by atoms with Crippen molar-refractivity contribution in [3.05, 3.63) is 24.0 Å². The third-order valence-electron chi connectivity index (χ3n) is 2.94. The topological polar surface area (TPSA) is 69.0 Å². The minimum absolute atomic E-state index is 0.112. The number of nitriles is 1. The quantitative estimate of drug-likeness (QED) is 0.830.